The van der Waals surface area contributed by atoms with E-state index in [4.69, 9.17) is 165 Å². The van der Waals surface area contributed by atoms with Gasteiger partial charge in [-0.3, -0.25) is 24.5 Å². The second kappa shape index (κ2) is 49.0. The Morgan fingerprint density at radius 3 is 0.938 bits per heavy atom. The van der Waals surface area contributed by atoms with Gasteiger partial charge >= 0.3 is 0 Å². The van der Waals surface area contributed by atoms with E-state index in [2.05, 4.69) is 143 Å². The molecule has 2 amide bonds. The molecule has 0 atom stereocenters. The molecule has 7 N–H and O–H groups in total. The summed E-state index contributed by atoms with van der Waals surface area (Å²) >= 11 is 69.2. The van der Waals surface area contributed by atoms with Crippen LogP contribution in [0.4, 0.5) is 40.7 Å². The van der Waals surface area contributed by atoms with Crippen LogP contribution in [0.3, 0.4) is 0 Å². The highest BCUT2D eigenvalue weighted by molar-refractivity contribution is 14.1. The minimum atomic E-state index is -0.964. The number of furan rings is 5. The Bertz CT molecular complexity index is 7330. The van der Waals surface area contributed by atoms with E-state index in [1.54, 1.807) is 68.9 Å². The lowest BCUT2D eigenvalue weighted by Gasteiger charge is -2.23. The number of phenols is 1. The molecule has 5 aliphatic rings. The van der Waals surface area contributed by atoms with E-state index >= 15 is 0 Å². The van der Waals surface area contributed by atoms with E-state index in [0.29, 0.717) is 159 Å². The number of amides is 2. The quantitative estimate of drug-likeness (QED) is 0.0292. The number of nitrogen functional groups attached to an aromatic ring is 2. The minimum Gasteiger partial charge on any atom is -0.507 e. The number of fused-ring (bicyclic) bond motifs is 5. The first kappa shape index (κ1) is 108. The molecular formula is C101H71Br5Cl8F4I2N10O15. The van der Waals surface area contributed by atoms with Gasteiger partial charge in [0.15, 0.2) is 11.6 Å². The van der Waals surface area contributed by atoms with E-state index in [0.717, 1.165) is 160 Å². The molecule has 0 saturated carbocycles. The van der Waals surface area contributed by atoms with Crippen LogP contribution in [0.1, 0.15) is 79.1 Å². The Kier molecular flexibility index (Phi) is 36.7. The molecule has 25 nitrogen and oxygen atoms in total. The van der Waals surface area contributed by atoms with Gasteiger partial charge in [0.05, 0.1) is 217 Å². The van der Waals surface area contributed by atoms with Crippen molar-refractivity contribution in [1.29, 1.82) is 0 Å². The largest absolute Gasteiger partial charge is 0.507 e. The summed E-state index contributed by atoms with van der Waals surface area (Å²) in [7, 11) is 3.20. The molecule has 5 saturated heterocycles. The molecule has 13 heterocycles. The van der Waals surface area contributed by atoms with Gasteiger partial charge in [0.25, 0.3) is 11.8 Å². The minimum absolute atomic E-state index is 0.0406. The van der Waals surface area contributed by atoms with Gasteiger partial charge in [-0.1, -0.05) is 105 Å². The number of nitrogens with zero attached hydrogens (tertiary/aromatic N) is 6. The Morgan fingerprint density at radius 1 is 0.359 bits per heavy atom. The van der Waals surface area contributed by atoms with Crippen LogP contribution in [0.15, 0.2) is 245 Å². The topological polar surface area (TPSA) is 338 Å². The van der Waals surface area contributed by atoms with E-state index < -0.39 is 46.2 Å². The molecule has 0 bridgehead atoms. The Labute approximate surface area is 931 Å². The van der Waals surface area contributed by atoms with E-state index in [1.807, 2.05) is 101 Å². The summed E-state index contributed by atoms with van der Waals surface area (Å²) in [6.07, 6.45) is 8.49. The molecule has 8 aromatic heterocycles. The van der Waals surface area contributed by atoms with Gasteiger partial charge in [-0.05, 0) is 276 Å². The number of halogens is 19. The normalized spacial score (nSPS) is 13.8. The average Bonchev–Trinajstić information content (AvgIpc) is 1.55. The fourth-order valence-corrected chi connectivity index (χ4v) is 19.0. The smallest absolute Gasteiger partial charge is 0.262 e. The molecule has 145 heavy (non-hydrogen) atoms. The molecule has 18 aromatic rings. The summed E-state index contributed by atoms with van der Waals surface area (Å²) in [6.45, 7) is 7.00. The maximum atomic E-state index is 13.8. The zero-order valence-electron chi connectivity index (χ0n) is 74.7. The number of ether oxygens (including phenoxy) is 7. The van der Waals surface area contributed by atoms with Crippen molar-refractivity contribution in [2.75, 3.05) is 102 Å². The van der Waals surface area contributed by atoms with Gasteiger partial charge in [-0.2, -0.15) is 0 Å². The molecule has 748 valence electrons. The summed E-state index contributed by atoms with van der Waals surface area (Å²) in [6, 6.07) is 45.3. The van der Waals surface area contributed by atoms with Crippen molar-refractivity contribution in [2.45, 2.75) is 29.6 Å². The number of nitrogens with one attached hydrogen (secondary N) is 2. The van der Waals surface area contributed by atoms with Crippen molar-refractivity contribution in [2.24, 2.45) is 0 Å². The summed E-state index contributed by atoms with van der Waals surface area (Å²) in [5.74, 6) is 2.67. The number of aromatic nitrogens is 6. The van der Waals surface area contributed by atoms with E-state index in [-0.39, 0.29) is 29.2 Å². The first-order valence-electron chi connectivity index (χ1n) is 43.0. The number of hydrogen-bond donors (Lipinski definition) is 5. The van der Waals surface area contributed by atoms with Gasteiger partial charge in [0.2, 0.25) is 0 Å². The van der Waals surface area contributed by atoms with Crippen molar-refractivity contribution >= 4 is 307 Å². The molecule has 5 aliphatic heterocycles. The lowest BCUT2D eigenvalue weighted by molar-refractivity contribution is 0.000387. The SMILES string of the molecule is COc1cc(Br)c(Cl)cc1I.COc1cc(Br)c(Cl)cc1N.Clc1cc2cc(C3COC3)oc2cc1Br.Clc1cc2cc(C3COC3)oc2cc1Br.Nc1cnc(-c2cc3oc(C4COC4)cc3cc2Cl)cn1.O=C(Nc1cnc(-c2cc3oc(C4COC4)cc3cc2Cl)cn1)c1c(F)cccc1F.O=C(Nc1cnc(-c2cc3oc(C4COC4)cc3cc2Cl)cn1)c1c(F)cccc1F.Oc1cc(Br)c(Cl)cc1I. The molecular weight excluding hydrogens is 2610 g/mol. The molecule has 5 fully saturated rings. The number of aromatic hydroxyl groups is 1. The number of rotatable bonds is 14. The van der Waals surface area contributed by atoms with Crippen molar-refractivity contribution in [1.82, 2.24) is 29.9 Å². The number of benzene rings is 10. The van der Waals surface area contributed by atoms with Crippen LogP contribution in [-0.4, -0.2) is 127 Å². The standard InChI is InChI=1S/2C22H14ClF2N3O3.C15H12ClN3O2.2C11H8BrClO2.C7H5BrClIO.C7H7BrClNO.C6H3BrClIO/c2*23-14-4-11-5-18(12-9-30-10-12)31-19(11)6-13(14)17-7-27-20(8-26-17)28-22(29)21-15(24)2-1-3-16(21)25;16-11-1-8-2-13(9-6-20-7-9)21-14(8)3-10(11)12-4-19-15(17)5-18-12;2*12-8-3-11-6(1-9(8)13)2-10(15-11)7-4-14-5-7;2*1-11-7-2-4(8)5(9)3-6(7)10;7-3-1-6(10)5(9)2-4(3)8/h2*1-8,12H,9-10H2,(H,27,28,29);1-5,9H,6-7H2,(H2,17,19);2*1-3,7H,4-5H2;2-3H,1H3;2-3H,10H2,1H3;1-2,10H. The monoisotopic (exact) mass is 2670 g/mol. The lowest BCUT2D eigenvalue weighted by atomic mass is 10.0. The van der Waals surface area contributed by atoms with Gasteiger partial charge in [-0.25, -0.2) is 32.5 Å². The molecule has 0 radical (unpaired) electrons. The number of hydrogen-bond acceptors (Lipinski definition) is 23. The first-order chi connectivity index (χ1) is 69.6. The van der Waals surface area contributed by atoms with E-state index in [9.17, 15) is 27.2 Å². The third-order valence-corrected chi connectivity index (χ3v) is 31.0. The third-order valence-electron chi connectivity index (χ3n) is 22.4. The molecule has 44 heteroatoms. The molecule has 10 aromatic carbocycles. The Hall–Kier alpha value is -9.22. The van der Waals surface area contributed by atoms with Gasteiger partial charge in [-0.15, -0.1) is 0 Å². The van der Waals surface area contributed by atoms with Crippen molar-refractivity contribution < 1.29 is 87.5 Å². The number of nitrogens with two attached hydrogens (primary N) is 2. The van der Waals surface area contributed by atoms with Crippen LogP contribution in [0.5, 0.6) is 17.2 Å². The molecule has 23 rings (SSSR count). The summed E-state index contributed by atoms with van der Waals surface area (Å²) in [5.41, 5.74) is 17.7. The molecule has 0 unspecified atom stereocenters. The van der Waals surface area contributed by atoms with Crippen LogP contribution in [0.25, 0.3) is 88.6 Å². The highest BCUT2D eigenvalue weighted by Gasteiger charge is 2.31. The highest BCUT2D eigenvalue weighted by atomic mass is 127. The maximum Gasteiger partial charge on any atom is 0.262 e. The Balaban J connectivity index is 0.000000123. The highest BCUT2D eigenvalue weighted by Crippen LogP contribution is 2.44. The number of phenolic OH excluding ortho intramolecular Hbond substituents is 1. The van der Waals surface area contributed by atoms with Crippen LogP contribution >= 0.6 is 218 Å². The fourth-order valence-electron chi connectivity index (χ4n) is 14.2. The van der Waals surface area contributed by atoms with Crippen molar-refractivity contribution in [3.05, 3.63) is 334 Å². The van der Waals surface area contributed by atoms with Crippen LogP contribution < -0.4 is 31.6 Å². The number of anilines is 4. The van der Waals surface area contributed by atoms with Gasteiger partial charge in [0, 0.05) is 66.0 Å². The third kappa shape index (κ3) is 26.6. The van der Waals surface area contributed by atoms with E-state index in [1.165, 1.54) is 43.1 Å². The van der Waals surface area contributed by atoms with Gasteiger partial charge in [0.1, 0.15) is 114 Å². The second-order valence-electron chi connectivity index (χ2n) is 32.3. The van der Waals surface area contributed by atoms with Crippen molar-refractivity contribution in [3.8, 4) is 51.0 Å². The second-order valence-corrected chi connectivity index (χ2v) is 42.1. The molecule has 0 aliphatic carbocycles. The summed E-state index contributed by atoms with van der Waals surface area (Å²) in [4.78, 5) is 49.4. The average molecular weight is 2680 g/mol. The fraction of sp³-hybridized carbons (Fsp3) is 0.168. The van der Waals surface area contributed by atoms with Crippen molar-refractivity contribution in [3.63, 3.8) is 0 Å². The Morgan fingerprint density at radius 2 is 0.641 bits per heavy atom. The number of carbonyl (C=O) groups excluding carboxylic acids is 2. The lowest BCUT2D eigenvalue weighted by Crippen LogP contribution is -2.24. The predicted octanol–water partition coefficient (Wildman–Crippen LogP) is 31.4. The van der Waals surface area contributed by atoms with Crippen LogP contribution in [0, 0.1) is 30.4 Å². The summed E-state index contributed by atoms with van der Waals surface area (Å²) in [5, 5.41) is 23.5. The predicted molar refractivity (Wildman–Crippen MR) is 588 cm³/mol. The zero-order valence-corrected chi connectivity index (χ0v) is 93.0. The number of carbonyl (C=O) groups is 2. The molecule has 0 spiro atoms. The number of methoxy groups -OCH3 is 2. The van der Waals surface area contributed by atoms with Crippen LogP contribution in [0.2, 0.25) is 40.2 Å². The van der Waals surface area contributed by atoms with Gasteiger partial charge < -0.3 is 82.5 Å². The summed E-state index contributed by atoms with van der Waals surface area (Å²) < 4.78 is 126. The first-order valence-corrected chi connectivity index (χ1v) is 52.1. The zero-order chi connectivity index (χ0) is 103. The maximum absolute atomic E-state index is 13.8. The van der Waals surface area contributed by atoms with Crippen LogP contribution in [-0.2, 0) is 23.7 Å².